The Morgan fingerprint density at radius 2 is 1.93 bits per heavy atom. The molecule has 0 fully saturated rings. The van der Waals surface area contributed by atoms with Crippen molar-refractivity contribution >= 4 is 12.2 Å². The Morgan fingerprint density at radius 1 is 1.43 bits per heavy atom. The summed E-state index contributed by atoms with van der Waals surface area (Å²) < 4.78 is 0. The topological polar surface area (TPSA) is 92.4 Å². The Kier molecular flexibility index (Phi) is 5.34. The lowest BCUT2D eigenvalue weighted by atomic mass is 10.1. The minimum atomic E-state index is -0.990. The Labute approximate surface area is 83.7 Å². The Hall–Kier alpha value is -0.940. The number of rotatable bonds is 5. The maximum Gasteiger partial charge on any atom is 0.240 e. The normalized spacial score (nSPS) is 17.3. The molecule has 0 rings (SSSR count). The Balaban J connectivity index is 4.22. The van der Waals surface area contributed by atoms with Crippen LogP contribution in [0, 0.1) is 5.92 Å². The molecule has 0 saturated carbocycles. The highest BCUT2D eigenvalue weighted by atomic mass is 16.3. The van der Waals surface area contributed by atoms with E-state index in [4.69, 9.17) is 10.8 Å². The summed E-state index contributed by atoms with van der Waals surface area (Å²) in [5, 5.41) is 11.5. The van der Waals surface area contributed by atoms with Gasteiger partial charge in [0.15, 0.2) is 0 Å². The van der Waals surface area contributed by atoms with Crippen LogP contribution in [-0.2, 0) is 9.59 Å². The second kappa shape index (κ2) is 5.72. The summed E-state index contributed by atoms with van der Waals surface area (Å²) >= 11 is 0. The van der Waals surface area contributed by atoms with Crippen molar-refractivity contribution in [3.05, 3.63) is 0 Å². The highest BCUT2D eigenvalue weighted by molar-refractivity contribution is 5.84. The van der Waals surface area contributed by atoms with Crippen molar-refractivity contribution in [3.63, 3.8) is 0 Å². The van der Waals surface area contributed by atoms with Gasteiger partial charge in [0.2, 0.25) is 5.91 Å². The highest BCUT2D eigenvalue weighted by Crippen LogP contribution is 1.99. The molecule has 0 aromatic heterocycles. The van der Waals surface area contributed by atoms with Crippen LogP contribution in [0.1, 0.15) is 20.8 Å². The van der Waals surface area contributed by atoms with E-state index in [1.165, 1.54) is 6.92 Å². The van der Waals surface area contributed by atoms with Crippen LogP contribution in [0.2, 0.25) is 0 Å². The summed E-state index contributed by atoms with van der Waals surface area (Å²) in [6.45, 7) is 5.05. The van der Waals surface area contributed by atoms with E-state index < -0.39 is 24.1 Å². The first kappa shape index (κ1) is 13.1. The summed E-state index contributed by atoms with van der Waals surface area (Å²) in [5.74, 6) is -0.497. The monoisotopic (exact) mass is 202 g/mol. The van der Waals surface area contributed by atoms with Gasteiger partial charge in [0, 0.05) is 0 Å². The largest absolute Gasteiger partial charge is 0.391 e. The molecule has 0 heterocycles. The van der Waals surface area contributed by atoms with Gasteiger partial charge >= 0.3 is 0 Å². The van der Waals surface area contributed by atoms with Gasteiger partial charge in [-0.05, 0) is 12.8 Å². The van der Waals surface area contributed by atoms with E-state index in [1.807, 2.05) is 13.8 Å². The summed E-state index contributed by atoms with van der Waals surface area (Å²) in [6, 6.07) is -1.54. The van der Waals surface area contributed by atoms with E-state index >= 15 is 0 Å². The molecule has 0 aromatic rings. The zero-order chi connectivity index (χ0) is 11.3. The number of hydrogen-bond acceptors (Lipinski definition) is 4. The zero-order valence-electron chi connectivity index (χ0n) is 8.73. The SMILES string of the molecule is CC(O)[C@H](N)C(=O)N[C@H](C=O)C(C)C. The average Bonchev–Trinajstić information content (AvgIpc) is 2.11. The van der Waals surface area contributed by atoms with Gasteiger partial charge in [0.1, 0.15) is 12.3 Å². The lowest BCUT2D eigenvalue weighted by Crippen LogP contribution is -2.51. The van der Waals surface area contributed by atoms with E-state index in [1.54, 1.807) is 0 Å². The standard InChI is InChI=1S/C9H18N2O3/c1-5(2)7(4-12)11-9(14)8(10)6(3)13/h4-8,13H,10H2,1-3H3,(H,11,14)/t6?,7-,8+/m1/s1. The summed E-state index contributed by atoms with van der Waals surface area (Å²) in [4.78, 5) is 21.9. The lowest BCUT2D eigenvalue weighted by molar-refractivity contribution is -0.127. The molecule has 0 spiro atoms. The minimum absolute atomic E-state index is 0.0117. The van der Waals surface area contributed by atoms with Crippen molar-refractivity contribution in [1.29, 1.82) is 0 Å². The first-order valence-corrected chi connectivity index (χ1v) is 4.59. The van der Waals surface area contributed by atoms with Crippen LogP contribution in [-0.4, -0.2) is 35.5 Å². The summed E-state index contributed by atoms with van der Waals surface area (Å²) in [5.41, 5.74) is 5.39. The second-order valence-electron chi connectivity index (χ2n) is 3.68. The molecule has 5 heteroatoms. The predicted octanol–water partition coefficient (Wildman–Crippen LogP) is -0.966. The maximum atomic E-state index is 11.3. The highest BCUT2D eigenvalue weighted by Gasteiger charge is 2.22. The van der Waals surface area contributed by atoms with Crippen LogP contribution >= 0.6 is 0 Å². The van der Waals surface area contributed by atoms with Crippen molar-refractivity contribution in [2.45, 2.75) is 39.0 Å². The average molecular weight is 202 g/mol. The van der Waals surface area contributed by atoms with Gasteiger partial charge in [-0.3, -0.25) is 4.79 Å². The fraction of sp³-hybridized carbons (Fsp3) is 0.778. The molecular weight excluding hydrogens is 184 g/mol. The molecule has 1 amide bonds. The first-order chi connectivity index (χ1) is 6.40. The van der Waals surface area contributed by atoms with Crippen molar-refractivity contribution in [1.82, 2.24) is 5.32 Å². The fourth-order valence-electron chi connectivity index (χ4n) is 0.837. The van der Waals surface area contributed by atoms with Crippen molar-refractivity contribution in [2.24, 2.45) is 11.7 Å². The predicted molar refractivity (Wildman–Crippen MR) is 52.5 cm³/mol. The number of aliphatic hydroxyl groups is 1. The van der Waals surface area contributed by atoms with Gasteiger partial charge in [-0.15, -0.1) is 0 Å². The number of carbonyl (C=O) groups excluding carboxylic acids is 2. The van der Waals surface area contributed by atoms with Gasteiger partial charge in [-0.2, -0.15) is 0 Å². The Bertz CT molecular complexity index is 204. The molecule has 0 aliphatic carbocycles. The number of nitrogens with two attached hydrogens (primary N) is 1. The van der Waals surface area contributed by atoms with Crippen LogP contribution in [0.3, 0.4) is 0 Å². The van der Waals surface area contributed by atoms with Crippen molar-refractivity contribution in [3.8, 4) is 0 Å². The van der Waals surface area contributed by atoms with Crippen LogP contribution < -0.4 is 11.1 Å². The van der Waals surface area contributed by atoms with Crippen LogP contribution in [0.25, 0.3) is 0 Å². The number of aliphatic hydroxyl groups excluding tert-OH is 1. The van der Waals surface area contributed by atoms with E-state index in [2.05, 4.69) is 5.32 Å². The number of nitrogens with one attached hydrogen (secondary N) is 1. The molecule has 0 aromatic carbocycles. The third-order valence-corrected chi connectivity index (χ3v) is 2.00. The number of carbonyl (C=O) groups is 2. The van der Waals surface area contributed by atoms with E-state index in [0.717, 1.165) is 0 Å². The fourth-order valence-corrected chi connectivity index (χ4v) is 0.837. The number of amides is 1. The molecule has 5 nitrogen and oxygen atoms in total. The smallest absolute Gasteiger partial charge is 0.240 e. The Morgan fingerprint density at radius 3 is 2.21 bits per heavy atom. The van der Waals surface area contributed by atoms with Gasteiger partial charge in [-0.25, -0.2) is 0 Å². The molecule has 3 atom stereocenters. The minimum Gasteiger partial charge on any atom is -0.391 e. The molecular formula is C9H18N2O3. The molecule has 0 aliphatic rings. The second-order valence-corrected chi connectivity index (χ2v) is 3.68. The molecule has 4 N–H and O–H groups in total. The maximum absolute atomic E-state index is 11.3. The van der Waals surface area contributed by atoms with Gasteiger partial charge in [-0.1, -0.05) is 13.8 Å². The van der Waals surface area contributed by atoms with Crippen LogP contribution in [0.4, 0.5) is 0 Å². The summed E-state index contributed by atoms with van der Waals surface area (Å²) in [7, 11) is 0. The first-order valence-electron chi connectivity index (χ1n) is 4.59. The van der Waals surface area contributed by atoms with Gasteiger partial charge < -0.3 is 21.0 Å². The van der Waals surface area contributed by atoms with E-state index in [-0.39, 0.29) is 5.92 Å². The van der Waals surface area contributed by atoms with Crippen LogP contribution in [0.5, 0.6) is 0 Å². The molecule has 1 unspecified atom stereocenters. The molecule has 0 bridgehead atoms. The van der Waals surface area contributed by atoms with E-state index in [9.17, 15) is 9.59 Å². The molecule has 0 radical (unpaired) electrons. The quantitative estimate of drug-likeness (QED) is 0.500. The van der Waals surface area contributed by atoms with Gasteiger partial charge in [0.05, 0.1) is 12.1 Å². The molecule has 0 aliphatic heterocycles. The molecule has 82 valence electrons. The lowest BCUT2D eigenvalue weighted by Gasteiger charge is -2.20. The number of aldehydes is 1. The van der Waals surface area contributed by atoms with Crippen LogP contribution in [0.15, 0.2) is 0 Å². The van der Waals surface area contributed by atoms with Gasteiger partial charge in [0.25, 0.3) is 0 Å². The number of hydrogen-bond donors (Lipinski definition) is 3. The third kappa shape index (κ3) is 3.85. The van der Waals surface area contributed by atoms with E-state index in [0.29, 0.717) is 6.29 Å². The third-order valence-electron chi connectivity index (χ3n) is 2.00. The van der Waals surface area contributed by atoms with Crippen molar-refractivity contribution < 1.29 is 14.7 Å². The molecule has 0 saturated heterocycles. The molecule has 14 heavy (non-hydrogen) atoms. The zero-order valence-corrected chi connectivity index (χ0v) is 8.73. The summed E-state index contributed by atoms with van der Waals surface area (Å²) in [6.07, 6.45) is -0.258. The van der Waals surface area contributed by atoms with Crippen molar-refractivity contribution in [2.75, 3.05) is 0 Å².